The number of nitrogens with zero attached hydrogens (tertiary/aromatic N) is 1. The van der Waals surface area contributed by atoms with Crippen molar-refractivity contribution in [1.82, 2.24) is 4.90 Å². The van der Waals surface area contributed by atoms with E-state index in [4.69, 9.17) is 16.9 Å². The maximum atomic E-state index is 12.5. The van der Waals surface area contributed by atoms with Gasteiger partial charge >= 0.3 is 0 Å². The van der Waals surface area contributed by atoms with E-state index in [-0.39, 0.29) is 31.0 Å². The van der Waals surface area contributed by atoms with Gasteiger partial charge in [-0.3, -0.25) is 4.79 Å². The molecule has 1 aromatic carbocycles. The van der Waals surface area contributed by atoms with Gasteiger partial charge in [0.1, 0.15) is 12.4 Å². The van der Waals surface area contributed by atoms with E-state index in [9.17, 15) is 4.79 Å². The highest BCUT2D eigenvalue weighted by Gasteiger charge is 2.42. The highest BCUT2D eigenvalue weighted by atomic mass is 35.5. The molecule has 3 unspecified atom stereocenters. The predicted molar refractivity (Wildman–Crippen MR) is 88.1 cm³/mol. The van der Waals surface area contributed by atoms with Crippen molar-refractivity contribution < 1.29 is 9.53 Å². The van der Waals surface area contributed by atoms with E-state index in [0.29, 0.717) is 23.1 Å². The number of hydrogen-bond acceptors (Lipinski definition) is 3. The van der Waals surface area contributed by atoms with Crippen LogP contribution >= 0.6 is 12.4 Å². The monoisotopic (exact) mass is 320 g/mol. The molecule has 1 saturated carbocycles. The molecular formula is C17H21ClN2O2. The highest BCUT2D eigenvalue weighted by molar-refractivity contribution is 5.94. The average Bonchev–Trinajstić information content (AvgIpc) is 3.07. The van der Waals surface area contributed by atoms with Gasteiger partial charge in [-0.05, 0) is 48.9 Å². The number of carbonyl (C=O) groups excluding carboxylic acids is 1. The summed E-state index contributed by atoms with van der Waals surface area (Å²) in [5.41, 5.74) is 6.81. The van der Waals surface area contributed by atoms with Gasteiger partial charge in [0, 0.05) is 24.7 Å². The van der Waals surface area contributed by atoms with E-state index in [1.807, 2.05) is 4.90 Å². The third-order valence-corrected chi connectivity index (χ3v) is 4.62. The second-order valence-electron chi connectivity index (χ2n) is 5.89. The molecule has 0 bridgehead atoms. The Bertz CT molecular complexity index is 567. The van der Waals surface area contributed by atoms with Gasteiger partial charge in [-0.2, -0.15) is 0 Å². The lowest BCUT2D eigenvalue weighted by molar-refractivity contribution is 0.0779. The lowest BCUT2D eigenvalue weighted by Gasteiger charge is -2.19. The van der Waals surface area contributed by atoms with Crippen molar-refractivity contribution in [3.05, 3.63) is 29.8 Å². The molecule has 1 aromatic rings. The van der Waals surface area contributed by atoms with Crippen molar-refractivity contribution in [3.8, 4) is 18.1 Å². The summed E-state index contributed by atoms with van der Waals surface area (Å²) >= 11 is 0. The summed E-state index contributed by atoms with van der Waals surface area (Å²) in [7, 11) is 0. The Labute approximate surface area is 137 Å². The van der Waals surface area contributed by atoms with Crippen molar-refractivity contribution in [1.29, 1.82) is 0 Å². The highest BCUT2D eigenvalue weighted by Crippen LogP contribution is 2.37. The molecule has 0 spiro atoms. The summed E-state index contributed by atoms with van der Waals surface area (Å²) in [4.78, 5) is 14.5. The van der Waals surface area contributed by atoms with E-state index in [1.54, 1.807) is 24.3 Å². The third-order valence-electron chi connectivity index (χ3n) is 4.62. The molecule has 4 nitrogen and oxygen atoms in total. The van der Waals surface area contributed by atoms with Gasteiger partial charge in [0.05, 0.1) is 0 Å². The number of likely N-dealkylation sites (tertiary alicyclic amines) is 1. The Balaban J connectivity index is 0.00000176. The standard InChI is InChI=1S/C17H20N2O2.ClH/c1-2-9-21-14-6-3-12(4-7-14)17(20)19-10-13-5-8-16(18)15(13)11-19;/h1,3-4,6-7,13,15-16H,5,8-11,18H2;1H. The summed E-state index contributed by atoms with van der Waals surface area (Å²) in [6, 6.07) is 7.41. The second kappa shape index (κ2) is 7.04. The zero-order chi connectivity index (χ0) is 14.8. The Hall–Kier alpha value is -1.70. The SMILES string of the molecule is C#CCOc1ccc(C(=O)N2CC3CCC(N)C3C2)cc1.Cl. The molecule has 3 rings (SSSR count). The van der Waals surface area contributed by atoms with Gasteiger partial charge in [-0.1, -0.05) is 5.92 Å². The summed E-state index contributed by atoms with van der Waals surface area (Å²) in [5.74, 6) is 4.25. The van der Waals surface area contributed by atoms with Crippen LogP contribution in [0.25, 0.3) is 0 Å². The molecule has 1 heterocycles. The Kier molecular flexibility index (Phi) is 5.33. The van der Waals surface area contributed by atoms with E-state index < -0.39 is 0 Å². The van der Waals surface area contributed by atoms with Crippen LogP contribution in [0.5, 0.6) is 5.75 Å². The fourth-order valence-corrected chi connectivity index (χ4v) is 3.47. The quantitative estimate of drug-likeness (QED) is 0.866. The molecule has 1 aliphatic heterocycles. The number of nitrogens with two attached hydrogens (primary N) is 1. The molecule has 1 saturated heterocycles. The van der Waals surface area contributed by atoms with Gasteiger partial charge in [-0.15, -0.1) is 18.8 Å². The number of fused-ring (bicyclic) bond motifs is 1. The van der Waals surface area contributed by atoms with Crippen LogP contribution in [0.3, 0.4) is 0 Å². The first-order chi connectivity index (χ1) is 10.2. The number of halogens is 1. The largest absolute Gasteiger partial charge is 0.481 e. The lowest BCUT2D eigenvalue weighted by Crippen LogP contribution is -2.33. The number of rotatable bonds is 3. The molecule has 5 heteroatoms. The van der Waals surface area contributed by atoms with E-state index in [0.717, 1.165) is 25.9 Å². The van der Waals surface area contributed by atoms with Crippen LogP contribution in [-0.4, -0.2) is 36.5 Å². The normalized spacial score (nSPS) is 26.0. The first-order valence-electron chi connectivity index (χ1n) is 7.40. The predicted octanol–water partition coefficient (Wildman–Crippen LogP) is 1.93. The molecule has 2 fully saturated rings. The maximum Gasteiger partial charge on any atom is 0.253 e. The van der Waals surface area contributed by atoms with Gasteiger partial charge in [0.25, 0.3) is 5.91 Å². The first kappa shape index (κ1) is 16.7. The summed E-state index contributed by atoms with van der Waals surface area (Å²) < 4.78 is 5.31. The summed E-state index contributed by atoms with van der Waals surface area (Å²) in [6.07, 6.45) is 7.39. The molecule has 2 N–H and O–H groups in total. The lowest BCUT2D eigenvalue weighted by atomic mass is 9.98. The number of terminal acetylenes is 1. The van der Waals surface area contributed by atoms with Crippen molar-refractivity contribution in [2.45, 2.75) is 18.9 Å². The van der Waals surface area contributed by atoms with Crippen molar-refractivity contribution in [2.75, 3.05) is 19.7 Å². The zero-order valence-electron chi connectivity index (χ0n) is 12.4. The van der Waals surface area contributed by atoms with Crippen molar-refractivity contribution in [2.24, 2.45) is 17.6 Å². The van der Waals surface area contributed by atoms with Gasteiger partial charge < -0.3 is 15.4 Å². The van der Waals surface area contributed by atoms with Crippen LogP contribution < -0.4 is 10.5 Å². The van der Waals surface area contributed by atoms with Crippen molar-refractivity contribution >= 4 is 18.3 Å². The average molecular weight is 321 g/mol. The Morgan fingerprint density at radius 3 is 2.68 bits per heavy atom. The molecule has 0 radical (unpaired) electrons. The molecule has 22 heavy (non-hydrogen) atoms. The minimum atomic E-state index is 0. The fourth-order valence-electron chi connectivity index (χ4n) is 3.47. The maximum absolute atomic E-state index is 12.5. The number of hydrogen-bond donors (Lipinski definition) is 1. The van der Waals surface area contributed by atoms with Crippen LogP contribution in [0.15, 0.2) is 24.3 Å². The fraction of sp³-hybridized carbons (Fsp3) is 0.471. The minimum absolute atomic E-state index is 0. The van der Waals surface area contributed by atoms with Crippen LogP contribution in [-0.2, 0) is 0 Å². The third kappa shape index (κ3) is 3.21. The van der Waals surface area contributed by atoms with E-state index in [1.165, 1.54) is 0 Å². The molecular weight excluding hydrogens is 300 g/mol. The smallest absolute Gasteiger partial charge is 0.253 e. The minimum Gasteiger partial charge on any atom is -0.481 e. The van der Waals surface area contributed by atoms with Gasteiger partial charge in [-0.25, -0.2) is 0 Å². The molecule has 118 valence electrons. The Morgan fingerprint density at radius 2 is 2.05 bits per heavy atom. The second-order valence-corrected chi connectivity index (χ2v) is 5.89. The molecule has 0 aromatic heterocycles. The van der Waals surface area contributed by atoms with Crippen molar-refractivity contribution in [3.63, 3.8) is 0 Å². The molecule has 1 aliphatic carbocycles. The topological polar surface area (TPSA) is 55.6 Å². The molecule has 1 amide bonds. The van der Waals surface area contributed by atoms with Crippen LogP contribution in [0.2, 0.25) is 0 Å². The van der Waals surface area contributed by atoms with Crippen LogP contribution in [0.4, 0.5) is 0 Å². The Morgan fingerprint density at radius 1 is 1.32 bits per heavy atom. The van der Waals surface area contributed by atoms with Crippen LogP contribution in [0.1, 0.15) is 23.2 Å². The number of benzene rings is 1. The summed E-state index contributed by atoms with van der Waals surface area (Å²) in [6.45, 7) is 1.87. The number of ether oxygens (including phenoxy) is 1. The van der Waals surface area contributed by atoms with Gasteiger partial charge in [0.2, 0.25) is 0 Å². The molecule has 3 atom stereocenters. The zero-order valence-corrected chi connectivity index (χ0v) is 13.2. The van der Waals surface area contributed by atoms with Crippen LogP contribution in [0, 0.1) is 24.2 Å². The van der Waals surface area contributed by atoms with Gasteiger partial charge in [0.15, 0.2) is 0 Å². The number of amides is 1. The van der Waals surface area contributed by atoms with E-state index in [2.05, 4.69) is 5.92 Å². The first-order valence-corrected chi connectivity index (χ1v) is 7.40. The molecule has 2 aliphatic rings. The summed E-state index contributed by atoms with van der Waals surface area (Å²) in [5, 5.41) is 0. The van der Waals surface area contributed by atoms with E-state index >= 15 is 0 Å². The number of carbonyl (C=O) groups is 1.